The predicted octanol–water partition coefficient (Wildman–Crippen LogP) is 5.52. The molecular weight excluding hydrogens is 208 g/mol. The van der Waals surface area contributed by atoms with Gasteiger partial charge in [0, 0.05) is 6.42 Å². The highest BCUT2D eigenvalue weighted by Crippen LogP contribution is 2.22. The first kappa shape index (κ1) is 16.7. The molecule has 0 unspecified atom stereocenters. The topological polar surface area (TPSA) is 17.1 Å². The van der Waals surface area contributed by atoms with Crippen molar-refractivity contribution in [3.63, 3.8) is 0 Å². The molecule has 1 nitrogen and oxygen atoms in total. The molecular formula is C16H32O. The van der Waals surface area contributed by atoms with Gasteiger partial charge in [-0.15, -0.1) is 0 Å². The SMILES string of the molecule is CC(C)(C)CCCCCCCCCCCC=O. The molecule has 0 aliphatic carbocycles. The van der Waals surface area contributed by atoms with E-state index < -0.39 is 0 Å². The van der Waals surface area contributed by atoms with Crippen LogP contribution < -0.4 is 0 Å². The molecule has 0 atom stereocenters. The molecule has 17 heavy (non-hydrogen) atoms. The van der Waals surface area contributed by atoms with Gasteiger partial charge in [0.15, 0.2) is 0 Å². The zero-order chi connectivity index (χ0) is 13.0. The molecule has 0 bridgehead atoms. The van der Waals surface area contributed by atoms with Crippen LogP contribution in [0, 0.1) is 5.41 Å². The molecule has 0 fully saturated rings. The van der Waals surface area contributed by atoms with Crippen LogP contribution in [0.1, 0.15) is 91.4 Å². The summed E-state index contributed by atoms with van der Waals surface area (Å²) < 4.78 is 0. The second-order valence-corrected chi connectivity index (χ2v) is 6.45. The highest BCUT2D eigenvalue weighted by Gasteiger charge is 2.08. The van der Waals surface area contributed by atoms with Crippen molar-refractivity contribution in [3.05, 3.63) is 0 Å². The third-order valence-corrected chi connectivity index (χ3v) is 3.25. The van der Waals surface area contributed by atoms with Crippen molar-refractivity contribution in [2.24, 2.45) is 5.41 Å². The van der Waals surface area contributed by atoms with E-state index in [1.54, 1.807) is 0 Å². The molecule has 0 aromatic carbocycles. The van der Waals surface area contributed by atoms with Gasteiger partial charge < -0.3 is 4.79 Å². The van der Waals surface area contributed by atoms with E-state index in [1.165, 1.54) is 57.8 Å². The lowest BCUT2D eigenvalue weighted by atomic mass is 9.89. The van der Waals surface area contributed by atoms with Crippen LogP contribution in [-0.4, -0.2) is 6.29 Å². The second kappa shape index (κ2) is 10.8. The maximum absolute atomic E-state index is 10.1. The predicted molar refractivity (Wildman–Crippen MR) is 76.3 cm³/mol. The lowest BCUT2D eigenvalue weighted by Gasteiger charge is -2.17. The molecule has 0 amide bonds. The number of rotatable bonds is 11. The molecule has 0 aliphatic rings. The molecule has 0 N–H and O–H groups in total. The molecule has 0 aliphatic heterocycles. The molecule has 0 saturated heterocycles. The molecule has 0 aromatic rings. The average molecular weight is 240 g/mol. The van der Waals surface area contributed by atoms with E-state index in [0.717, 1.165) is 19.1 Å². The summed E-state index contributed by atoms with van der Waals surface area (Å²) in [6.07, 6.45) is 15.1. The highest BCUT2D eigenvalue weighted by molar-refractivity contribution is 5.48. The Kier molecular flexibility index (Phi) is 10.6. The smallest absolute Gasteiger partial charge is 0.119 e. The van der Waals surface area contributed by atoms with Gasteiger partial charge in [-0.1, -0.05) is 72.1 Å². The summed E-state index contributed by atoms with van der Waals surface area (Å²) in [7, 11) is 0. The Morgan fingerprint density at radius 1 is 0.706 bits per heavy atom. The number of hydrogen-bond acceptors (Lipinski definition) is 1. The van der Waals surface area contributed by atoms with Gasteiger partial charge in [0.05, 0.1) is 0 Å². The van der Waals surface area contributed by atoms with Crippen molar-refractivity contribution in [3.8, 4) is 0 Å². The van der Waals surface area contributed by atoms with Gasteiger partial charge in [0.1, 0.15) is 6.29 Å². The van der Waals surface area contributed by atoms with E-state index in [2.05, 4.69) is 20.8 Å². The summed E-state index contributed by atoms with van der Waals surface area (Å²) in [5.74, 6) is 0. The number of carbonyl (C=O) groups excluding carboxylic acids is 1. The van der Waals surface area contributed by atoms with E-state index >= 15 is 0 Å². The van der Waals surface area contributed by atoms with Crippen LogP contribution in [0.25, 0.3) is 0 Å². The van der Waals surface area contributed by atoms with Crippen LogP contribution in [0.5, 0.6) is 0 Å². The number of hydrogen-bond donors (Lipinski definition) is 0. The number of aldehydes is 1. The Hall–Kier alpha value is -0.330. The normalized spacial score (nSPS) is 11.7. The summed E-state index contributed by atoms with van der Waals surface area (Å²) in [4.78, 5) is 10.1. The standard InChI is InChI=1S/C16H32O/c1-16(2,3)14-12-10-8-6-4-5-7-9-11-13-15-17/h15H,4-14H2,1-3H3. The maximum Gasteiger partial charge on any atom is 0.119 e. The first-order chi connectivity index (χ1) is 8.06. The first-order valence-corrected chi connectivity index (χ1v) is 7.50. The maximum atomic E-state index is 10.1. The Bertz CT molecular complexity index is 167. The van der Waals surface area contributed by atoms with Crippen LogP contribution >= 0.6 is 0 Å². The van der Waals surface area contributed by atoms with Gasteiger partial charge >= 0.3 is 0 Å². The van der Waals surface area contributed by atoms with Crippen molar-refractivity contribution in [1.82, 2.24) is 0 Å². The minimum Gasteiger partial charge on any atom is -0.303 e. The highest BCUT2D eigenvalue weighted by atomic mass is 16.1. The van der Waals surface area contributed by atoms with Crippen molar-refractivity contribution < 1.29 is 4.79 Å². The van der Waals surface area contributed by atoms with Crippen LogP contribution in [0.2, 0.25) is 0 Å². The number of unbranched alkanes of at least 4 members (excludes halogenated alkanes) is 9. The molecule has 0 spiro atoms. The van der Waals surface area contributed by atoms with Crippen molar-refractivity contribution in [2.75, 3.05) is 0 Å². The third-order valence-electron chi connectivity index (χ3n) is 3.25. The Morgan fingerprint density at radius 3 is 1.53 bits per heavy atom. The Morgan fingerprint density at radius 2 is 1.12 bits per heavy atom. The molecule has 1 heteroatoms. The Balaban J connectivity index is 3.01. The van der Waals surface area contributed by atoms with Crippen molar-refractivity contribution in [2.45, 2.75) is 91.4 Å². The summed E-state index contributed by atoms with van der Waals surface area (Å²) in [6, 6.07) is 0. The molecule has 102 valence electrons. The van der Waals surface area contributed by atoms with E-state index in [9.17, 15) is 4.79 Å². The largest absolute Gasteiger partial charge is 0.303 e. The fourth-order valence-corrected chi connectivity index (χ4v) is 2.12. The first-order valence-electron chi connectivity index (χ1n) is 7.50. The molecule has 0 saturated carbocycles. The van der Waals surface area contributed by atoms with Gasteiger partial charge in [0.2, 0.25) is 0 Å². The van der Waals surface area contributed by atoms with Crippen molar-refractivity contribution >= 4 is 6.29 Å². The van der Waals surface area contributed by atoms with Gasteiger partial charge in [-0.2, -0.15) is 0 Å². The summed E-state index contributed by atoms with van der Waals surface area (Å²) >= 11 is 0. The molecule has 0 heterocycles. The van der Waals surface area contributed by atoms with E-state index in [0.29, 0.717) is 5.41 Å². The quantitative estimate of drug-likeness (QED) is 0.343. The second-order valence-electron chi connectivity index (χ2n) is 6.45. The van der Waals surface area contributed by atoms with Gasteiger partial charge in [-0.05, 0) is 18.3 Å². The zero-order valence-corrected chi connectivity index (χ0v) is 12.3. The lowest BCUT2D eigenvalue weighted by Crippen LogP contribution is -2.03. The molecule has 0 rings (SSSR count). The van der Waals surface area contributed by atoms with Gasteiger partial charge in [-0.25, -0.2) is 0 Å². The summed E-state index contributed by atoms with van der Waals surface area (Å²) in [5.41, 5.74) is 0.512. The summed E-state index contributed by atoms with van der Waals surface area (Å²) in [5, 5.41) is 0. The van der Waals surface area contributed by atoms with E-state index in [-0.39, 0.29) is 0 Å². The van der Waals surface area contributed by atoms with Crippen LogP contribution in [-0.2, 0) is 4.79 Å². The zero-order valence-electron chi connectivity index (χ0n) is 12.3. The molecule has 0 radical (unpaired) electrons. The molecule has 0 aromatic heterocycles. The number of carbonyl (C=O) groups is 1. The van der Waals surface area contributed by atoms with Gasteiger partial charge in [0.25, 0.3) is 0 Å². The van der Waals surface area contributed by atoms with E-state index in [4.69, 9.17) is 0 Å². The third kappa shape index (κ3) is 15.7. The fourth-order valence-electron chi connectivity index (χ4n) is 2.12. The summed E-state index contributed by atoms with van der Waals surface area (Å²) in [6.45, 7) is 6.98. The van der Waals surface area contributed by atoms with Crippen molar-refractivity contribution in [1.29, 1.82) is 0 Å². The van der Waals surface area contributed by atoms with Gasteiger partial charge in [-0.3, -0.25) is 0 Å². The average Bonchev–Trinajstić information content (AvgIpc) is 2.24. The Labute approximate surface area is 108 Å². The monoisotopic (exact) mass is 240 g/mol. The van der Waals surface area contributed by atoms with E-state index in [1.807, 2.05) is 0 Å². The minimum atomic E-state index is 0.512. The lowest BCUT2D eigenvalue weighted by molar-refractivity contribution is -0.107. The minimum absolute atomic E-state index is 0.512. The fraction of sp³-hybridized carbons (Fsp3) is 0.938. The van der Waals surface area contributed by atoms with Crippen LogP contribution in [0.4, 0.5) is 0 Å². The van der Waals surface area contributed by atoms with Crippen LogP contribution in [0.15, 0.2) is 0 Å². The van der Waals surface area contributed by atoms with Crippen LogP contribution in [0.3, 0.4) is 0 Å².